The summed E-state index contributed by atoms with van der Waals surface area (Å²) in [6.07, 6.45) is 3.33. The highest BCUT2D eigenvalue weighted by Gasteiger charge is 2.27. The minimum absolute atomic E-state index is 0.0726. The molecule has 0 bridgehead atoms. The maximum atomic E-state index is 13.5. The Hall–Kier alpha value is -3.31. The zero-order valence-electron chi connectivity index (χ0n) is 17.2. The van der Waals surface area contributed by atoms with Crippen LogP contribution in [0.15, 0.2) is 47.6 Å². The van der Waals surface area contributed by atoms with E-state index in [2.05, 4.69) is 15.2 Å². The van der Waals surface area contributed by atoms with Crippen LogP contribution in [0.1, 0.15) is 0 Å². The molecule has 0 amide bonds. The first-order valence-corrected chi connectivity index (χ1v) is 10.9. The zero-order chi connectivity index (χ0) is 22.4. The summed E-state index contributed by atoms with van der Waals surface area (Å²) in [6, 6.07) is 8.17. The number of piperazine rings is 1. The smallest absolute Gasteiger partial charge is 0.290 e. The number of pyridine rings is 1. The van der Waals surface area contributed by atoms with Crippen molar-refractivity contribution in [2.24, 2.45) is 0 Å². The predicted molar refractivity (Wildman–Crippen MR) is 116 cm³/mol. The lowest BCUT2D eigenvalue weighted by atomic mass is 10.3. The van der Waals surface area contributed by atoms with Crippen molar-refractivity contribution in [1.82, 2.24) is 14.3 Å². The van der Waals surface area contributed by atoms with Gasteiger partial charge in [-0.15, -0.1) is 0 Å². The van der Waals surface area contributed by atoms with Crippen LogP contribution < -0.4 is 19.7 Å². The molecule has 3 aromatic rings. The van der Waals surface area contributed by atoms with Crippen LogP contribution >= 0.6 is 0 Å². The van der Waals surface area contributed by atoms with E-state index in [4.69, 9.17) is 19.4 Å². The Morgan fingerprint density at radius 1 is 1.16 bits per heavy atom. The van der Waals surface area contributed by atoms with Gasteiger partial charge in [0.05, 0.1) is 25.4 Å². The van der Waals surface area contributed by atoms with Gasteiger partial charge in [0, 0.05) is 44.6 Å². The fourth-order valence-corrected chi connectivity index (χ4v) is 4.94. The number of methoxy groups -OCH3 is 2. The third-order valence-electron chi connectivity index (χ3n) is 4.87. The van der Waals surface area contributed by atoms with Crippen LogP contribution in [0.5, 0.6) is 11.5 Å². The molecule has 0 atom stereocenters. The first-order chi connectivity index (χ1) is 15.0. The van der Waals surface area contributed by atoms with E-state index in [-0.39, 0.29) is 17.1 Å². The van der Waals surface area contributed by atoms with E-state index in [0.29, 0.717) is 16.8 Å². The van der Waals surface area contributed by atoms with Gasteiger partial charge in [0.25, 0.3) is 16.5 Å². The number of carboxylic acid groups (broad SMARTS) is 1. The number of benzene rings is 1. The number of fused-ring (bicyclic) bond motifs is 1. The average Bonchev–Trinajstić information content (AvgIpc) is 3.20. The second-order valence-corrected chi connectivity index (χ2v) is 8.33. The van der Waals surface area contributed by atoms with Crippen LogP contribution in [-0.4, -0.2) is 69.4 Å². The topological polar surface area (TPSA) is 123 Å². The van der Waals surface area contributed by atoms with Crippen molar-refractivity contribution in [2.75, 3.05) is 45.3 Å². The molecule has 31 heavy (non-hydrogen) atoms. The molecule has 1 saturated heterocycles. The van der Waals surface area contributed by atoms with Crippen LogP contribution in [0.4, 0.5) is 5.69 Å². The molecule has 2 aromatic heterocycles. The largest absolute Gasteiger partial charge is 0.497 e. The van der Waals surface area contributed by atoms with Gasteiger partial charge in [-0.05, 0) is 24.3 Å². The first kappa shape index (κ1) is 22.4. The molecule has 0 saturated carbocycles. The third-order valence-corrected chi connectivity index (χ3v) is 6.58. The van der Waals surface area contributed by atoms with Crippen molar-refractivity contribution >= 4 is 33.2 Å². The first-order valence-electron chi connectivity index (χ1n) is 9.45. The number of nitrogens with one attached hydrogen (secondary N) is 1. The summed E-state index contributed by atoms with van der Waals surface area (Å²) in [5, 5.41) is 10.2. The Labute approximate surface area is 180 Å². The van der Waals surface area contributed by atoms with Crippen LogP contribution in [0, 0.1) is 0 Å². The SMILES string of the molecule is COc1ccc(S(=O)(=O)n2cc(N3CCNCC3)c3ncccc32)c(OC)c1.O=CO. The van der Waals surface area contributed by atoms with E-state index in [1.165, 1.54) is 24.3 Å². The Morgan fingerprint density at radius 2 is 1.87 bits per heavy atom. The van der Waals surface area contributed by atoms with Crippen molar-refractivity contribution in [1.29, 1.82) is 0 Å². The number of ether oxygens (including phenoxy) is 2. The number of rotatable bonds is 5. The minimum Gasteiger partial charge on any atom is -0.497 e. The molecule has 1 fully saturated rings. The Kier molecular flexibility index (Phi) is 6.98. The van der Waals surface area contributed by atoms with Gasteiger partial charge in [-0.1, -0.05) is 0 Å². The summed E-state index contributed by atoms with van der Waals surface area (Å²) in [4.78, 5) is 15.0. The molecule has 1 aromatic carbocycles. The predicted octanol–water partition coefficient (Wildman–Crippen LogP) is 1.40. The fourth-order valence-electron chi connectivity index (χ4n) is 3.44. The van der Waals surface area contributed by atoms with E-state index >= 15 is 0 Å². The quantitative estimate of drug-likeness (QED) is 0.558. The molecule has 2 N–H and O–H groups in total. The summed E-state index contributed by atoms with van der Waals surface area (Å²) < 4.78 is 38.8. The van der Waals surface area contributed by atoms with Crippen molar-refractivity contribution < 1.29 is 27.8 Å². The summed E-state index contributed by atoms with van der Waals surface area (Å²) in [7, 11) is -0.936. The summed E-state index contributed by atoms with van der Waals surface area (Å²) >= 11 is 0. The normalized spacial score (nSPS) is 13.9. The maximum absolute atomic E-state index is 13.5. The number of hydrogen-bond acceptors (Lipinski definition) is 8. The molecule has 166 valence electrons. The number of nitrogens with zero attached hydrogens (tertiary/aromatic N) is 3. The second kappa shape index (κ2) is 9.67. The van der Waals surface area contributed by atoms with Crippen molar-refractivity contribution in [3.63, 3.8) is 0 Å². The van der Waals surface area contributed by atoms with Gasteiger partial charge in [-0.2, -0.15) is 0 Å². The van der Waals surface area contributed by atoms with E-state index < -0.39 is 10.0 Å². The van der Waals surface area contributed by atoms with Crippen molar-refractivity contribution in [3.8, 4) is 11.5 Å². The standard InChI is InChI=1S/C19H22N4O4S.CH2O2/c1-26-14-5-6-18(17(12-14)27-2)28(24,25)23-13-16(22-10-8-20-9-11-22)19-15(23)4-3-7-21-19;2-1-3/h3-7,12-13,20H,8-11H2,1-2H3;1H,(H,2,3). The highest BCUT2D eigenvalue weighted by atomic mass is 32.2. The van der Waals surface area contributed by atoms with Gasteiger partial charge >= 0.3 is 0 Å². The second-order valence-electron chi connectivity index (χ2n) is 6.55. The average molecular weight is 449 g/mol. The van der Waals surface area contributed by atoms with E-state index in [9.17, 15) is 8.42 Å². The summed E-state index contributed by atoms with van der Waals surface area (Å²) in [5.41, 5.74) is 2.02. The Bertz CT molecular complexity index is 1160. The molecule has 0 spiro atoms. The van der Waals surface area contributed by atoms with Gasteiger partial charge < -0.3 is 24.8 Å². The highest BCUT2D eigenvalue weighted by molar-refractivity contribution is 7.90. The molecule has 0 unspecified atom stereocenters. The molecule has 3 heterocycles. The van der Waals surface area contributed by atoms with Gasteiger partial charge in [-0.3, -0.25) is 9.78 Å². The third kappa shape index (κ3) is 4.42. The lowest BCUT2D eigenvalue weighted by molar-refractivity contribution is -0.122. The Balaban J connectivity index is 0.000000858. The lowest BCUT2D eigenvalue weighted by Gasteiger charge is -2.28. The molecule has 11 heteroatoms. The summed E-state index contributed by atoms with van der Waals surface area (Å²) in [5.74, 6) is 0.755. The fraction of sp³-hybridized carbons (Fsp3) is 0.300. The van der Waals surface area contributed by atoms with Crippen LogP contribution in [0.2, 0.25) is 0 Å². The van der Waals surface area contributed by atoms with Gasteiger partial charge in [0.1, 0.15) is 21.9 Å². The van der Waals surface area contributed by atoms with Crippen LogP contribution in [0.25, 0.3) is 11.0 Å². The van der Waals surface area contributed by atoms with E-state index in [1.54, 1.807) is 36.7 Å². The van der Waals surface area contributed by atoms with Crippen LogP contribution in [0.3, 0.4) is 0 Å². The molecule has 1 aliphatic heterocycles. The maximum Gasteiger partial charge on any atom is 0.290 e. The summed E-state index contributed by atoms with van der Waals surface area (Å²) in [6.45, 7) is 3.03. The number of aromatic nitrogens is 2. The van der Waals surface area contributed by atoms with Gasteiger partial charge in [-0.25, -0.2) is 12.4 Å². The van der Waals surface area contributed by atoms with E-state index in [0.717, 1.165) is 31.9 Å². The van der Waals surface area contributed by atoms with E-state index in [1.807, 2.05) is 0 Å². The van der Waals surface area contributed by atoms with Crippen molar-refractivity contribution in [2.45, 2.75) is 4.90 Å². The Morgan fingerprint density at radius 3 is 2.52 bits per heavy atom. The minimum atomic E-state index is -3.90. The van der Waals surface area contributed by atoms with Crippen molar-refractivity contribution in [3.05, 3.63) is 42.7 Å². The molecule has 10 nitrogen and oxygen atoms in total. The number of anilines is 1. The van der Waals surface area contributed by atoms with Gasteiger partial charge in [0.15, 0.2) is 0 Å². The molecule has 0 radical (unpaired) electrons. The lowest BCUT2D eigenvalue weighted by Crippen LogP contribution is -2.43. The molecule has 4 rings (SSSR count). The number of carbonyl (C=O) groups is 1. The van der Waals surface area contributed by atoms with Gasteiger partial charge in [0.2, 0.25) is 0 Å². The van der Waals surface area contributed by atoms with Crippen LogP contribution in [-0.2, 0) is 14.8 Å². The molecular formula is C20H24N4O6S. The number of hydrogen-bond donors (Lipinski definition) is 2. The molecular weight excluding hydrogens is 424 g/mol. The molecule has 1 aliphatic rings. The zero-order valence-corrected chi connectivity index (χ0v) is 18.0. The highest BCUT2D eigenvalue weighted by Crippen LogP contribution is 2.34. The molecule has 0 aliphatic carbocycles. The monoisotopic (exact) mass is 448 g/mol.